The van der Waals surface area contributed by atoms with Crippen molar-refractivity contribution in [2.45, 2.75) is 6.92 Å². The number of hydrogen-bond donors (Lipinski definition) is 0. The van der Waals surface area contributed by atoms with Crippen molar-refractivity contribution in [3.05, 3.63) is 66.0 Å². The van der Waals surface area contributed by atoms with Gasteiger partial charge >= 0.3 is 5.97 Å². The molecule has 3 rings (SSSR count). The van der Waals surface area contributed by atoms with E-state index in [1.54, 1.807) is 36.9 Å². The molecule has 3 nitrogen and oxygen atoms in total. The summed E-state index contributed by atoms with van der Waals surface area (Å²) in [7, 11) is 0. The van der Waals surface area contributed by atoms with E-state index in [4.69, 9.17) is 9.47 Å². The first-order valence-electron chi connectivity index (χ1n) is 8.75. The molecule has 0 radical (unpaired) electrons. The van der Waals surface area contributed by atoms with E-state index in [9.17, 15) is 9.18 Å². The molecule has 5 heteroatoms. The lowest BCUT2D eigenvalue weighted by Crippen LogP contribution is -2.09. The summed E-state index contributed by atoms with van der Waals surface area (Å²) >= 11 is 1.68. The molecule has 0 aliphatic heterocycles. The highest BCUT2D eigenvalue weighted by atomic mass is 32.2. The Morgan fingerprint density at radius 3 is 2.44 bits per heavy atom. The monoisotopic (exact) mass is 384 g/mol. The van der Waals surface area contributed by atoms with Crippen molar-refractivity contribution in [2.24, 2.45) is 0 Å². The molecule has 0 heterocycles. The van der Waals surface area contributed by atoms with Gasteiger partial charge in [0.2, 0.25) is 0 Å². The van der Waals surface area contributed by atoms with Crippen LogP contribution in [0.15, 0.2) is 54.6 Å². The molecule has 3 aromatic rings. The predicted octanol–water partition coefficient (Wildman–Crippen LogP) is 5.56. The zero-order chi connectivity index (χ0) is 19.2. The summed E-state index contributed by atoms with van der Waals surface area (Å²) in [5.41, 5.74) is 2.28. The van der Waals surface area contributed by atoms with Gasteiger partial charge in [0, 0.05) is 5.75 Å². The first-order valence-corrected chi connectivity index (χ1v) is 10.1. The summed E-state index contributed by atoms with van der Waals surface area (Å²) in [6, 6.07) is 16.0. The molecule has 27 heavy (non-hydrogen) atoms. The van der Waals surface area contributed by atoms with E-state index in [2.05, 4.69) is 0 Å². The number of carbonyl (C=O) groups excluding carboxylic acids is 1. The molecular formula is C22H21FO3S. The van der Waals surface area contributed by atoms with E-state index in [-0.39, 0.29) is 5.82 Å². The van der Waals surface area contributed by atoms with Crippen molar-refractivity contribution in [1.82, 2.24) is 0 Å². The number of thioether (sulfide) groups is 1. The van der Waals surface area contributed by atoms with E-state index in [1.807, 2.05) is 30.5 Å². The zero-order valence-corrected chi connectivity index (χ0v) is 16.1. The number of hydrogen-bond acceptors (Lipinski definition) is 4. The van der Waals surface area contributed by atoms with E-state index in [0.29, 0.717) is 24.5 Å². The van der Waals surface area contributed by atoms with E-state index in [1.165, 1.54) is 12.1 Å². The molecule has 0 saturated carbocycles. The number of esters is 1. The molecule has 0 bridgehead atoms. The fourth-order valence-electron chi connectivity index (χ4n) is 2.82. The quantitative estimate of drug-likeness (QED) is 0.394. The lowest BCUT2D eigenvalue weighted by molar-refractivity contribution is 0.0522. The van der Waals surface area contributed by atoms with Crippen LogP contribution < -0.4 is 4.74 Å². The average molecular weight is 384 g/mol. The van der Waals surface area contributed by atoms with Crippen LogP contribution >= 0.6 is 11.8 Å². The Balaban J connectivity index is 2.03. The normalized spacial score (nSPS) is 10.8. The van der Waals surface area contributed by atoms with Crippen LogP contribution in [0, 0.1) is 5.82 Å². The Kier molecular flexibility index (Phi) is 6.35. The highest BCUT2D eigenvalue weighted by Crippen LogP contribution is 2.30. The Morgan fingerprint density at radius 2 is 1.74 bits per heavy atom. The van der Waals surface area contributed by atoms with Gasteiger partial charge < -0.3 is 9.47 Å². The maximum atomic E-state index is 13.2. The molecule has 0 aliphatic carbocycles. The number of carbonyl (C=O) groups is 1. The van der Waals surface area contributed by atoms with Crippen molar-refractivity contribution in [1.29, 1.82) is 0 Å². The molecule has 0 N–H and O–H groups in total. The van der Waals surface area contributed by atoms with E-state index in [0.717, 1.165) is 27.7 Å². The fraction of sp³-hybridized carbons (Fsp3) is 0.227. The second kappa shape index (κ2) is 8.91. The largest absolute Gasteiger partial charge is 0.492 e. The fourth-order valence-corrected chi connectivity index (χ4v) is 3.07. The van der Waals surface area contributed by atoms with Crippen molar-refractivity contribution >= 4 is 28.5 Å². The number of halogens is 1. The maximum Gasteiger partial charge on any atom is 0.341 e. The molecular weight excluding hydrogens is 363 g/mol. The minimum absolute atomic E-state index is 0.267. The third-order valence-electron chi connectivity index (χ3n) is 4.16. The summed E-state index contributed by atoms with van der Waals surface area (Å²) in [6.45, 7) is 2.60. The van der Waals surface area contributed by atoms with Crippen LogP contribution in [-0.2, 0) is 4.74 Å². The molecule has 0 unspecified atom stereocenters. The van der Waals surface area contributed by atoms with Crippen LogP contribution in [0.3, 0.4) is 0 Å². The van der Waals surface area contributed by atoms with Gasteiger partial charge in [-0.25, -0.2) is 9.18 Å². The van der Waals surface area contributed by atoms with Gasteiger partial charge in [-0.1, -0.05) is 24.3 Å². The molecule has 0 amide bonds. The van der Waals surface area contributed by atoms with Crippen molar-refractivity contribution < 1.29 is 18.7 Å². The Bertz CT molecular complexity index is 938. The van der Waals surface area contributed by atoms with Crippen molar-refractivity contribution in [3.8, 4) is 16.9 Å². The van der Waals surface area contributed by atoms with Crippen LogP contribution in [0.1, 0.15) is 17.3 Å². The predicted molar refractivity (Wildman–Crippen MR) is 109 cm³/mol. The Labute approximate surface area is 162 Å². The van der Waals surface area contributed by atoms with E-state index < -0.39 is 5.97 Å². The van der Waals surface area contributed by atoms with Gasteiger partial charge in [-0.2, -0.15) is 11.8 Å². The van der Waals surface area contributed by atoms with Crippen LogP contribution in [0.2, 0.25) is 0 Å². The van der Waals surface area contributed by atoms with Gasteiger partial charge in [0.1, 0.15) is 17.1 Å². The lowest BCUT2D eigenvalue weighted by Gasteiger charge is -2.13. The molecule has 3 aromatic carbocycles. The van der Waals surface area contributed by atoms with Gasteiger partial charge in [-0.05, 0) is 65.4 Å². The van der Waals surface area contributed by atoms with Gasteiger partial charge in [0.05, 0.1) is 13.2 Å². The second-order valence-electron chi connectivity index (χ2n) is 5.98. The topological polar surface area (TPSA) is 35.5 Å². The highest BCUT2D eigenvalue weighted by Gasteiger charge is 2.16. The standard InChI is InChI=1S/C22H21FO3S/c1-3-25-22(24)20-13-18-12-16(15-6-8-19(23)9-7-15)4-5-17(18)14-21(20)26-10-11-27-2/h4-9,12-14H,3,10-11H2,1-2H3. The number of ether oxygens (including phenoxy) is 2. The van der Waals surface area contributed by atoms with Crippen LogP contribution in [-0.4, -0.2) is 31.2 Å². The minimum atomic E-state index is -0.397. The summed E-state index contributed by atoms with van der Waals surface area (Å²) in [5.74, 6) is 0.704. The number of fused-ring (bicyclic) bond motifs is 1. The van der Waals surface area contributed by atoms with E-state index >= 15 is 0 Å². The van der Waals surface area contributed by atoms with Gasteiger partial charge in [0.15, 0.2) is 0 Å². The molecule has 0 saturated heterocycles. The first kappa shape index (κ1) is 19.2. The molecule has 0 atom stereocenters. The summed E-state index contributed by atoms with van der Waals surface area (Å²) in [6.07, 6.45) is 2.01. The number of rotatable bonds is 7. The molecule has 0 fully saturated rings. The molecule has 0 aromatic heterocycles. The summed E-state index contributed by atoms with van der Waals surface area (Å²) in [4.78, 5) is 12.4. The molecule has 0 aliphatic rings. The second-order valence-corrected chi connectivity index (χ2v) is 6.96. The third-order valence-corrected chi connectivity index (χ3v) is 4.73. The SMILES string of the molecule is CCOC(=O)c1cc2cc(-c3ccc(F)cc3)ccc2cc1OCCSC. The first-order chi connectivity index (χ1) is 13.1. The average Bonchev–Trinajstić information content (AvgIpc) is 2.68. The summed E-state index contributed by atoms with van der Waals surface area (Å²) in [5, 5.41) is 1.87. The highest BCUT2D eigenvalue weighted by molar-refractivity contribution is 7.98. The Hall–Kier alpha value is -2.53. The Morgan fingerprint density at radius 1 is 1.00 bits per heavy atom. The zero-order valence-electron chi connectivity index (χ0n) is 15.3. The molecule has 140 valence electrons. The van der Waals surface area contributed by atoms with Gasteiger partial charge in [-0.15, -0.1) is 0 Å². The smallest absolute Gasteiger partial charge is 0.341 e. The summed E-state index contributed by atoms with van der Waals surface area (Å²) < 4.78 is 24.2. The maximum absolute atomic E-state index is 13.2. The number of benzene rings is 3. The van der Waals surface area contributed by atoms with Gasteiger partial charge in [-0.3, -0.25) is 0 Å². The van der Waals surface area contributed by atoms with Crippen molar-refractivity contribution in [3.63, 3.8) is 0 Å². The third kappa shape index (κ3) is 4.61. The van der Waals surface area contributed by atoms with Crippen LogP contribution in [0.5, 0.6) is 5.75 Å². The van der Waals surface area contributed by atoms with Crippen LogP contribution in [0.25, 0.3) is 21.9 Å². The lowest BCUT2D eigenvalue weighted by atomic mass is 9.99. The van der Waals surface area contributed by atoms with Gasteiger partial charge in [0.25, 0.3) is 0 Å². The minimum Gasteiger partial charge on any atom is -0.492 e. The molecule has 0 spiro atoms. The van der Waals surface area contributed by atoms with Crippen LogP contribution in [0.4, 0.5) is 4.39 Å². The van der Waals surface area contributed by atoms with Crippen molar-refractivity contribution in [2.75, 3.05) is 25.2 Å².